The Balaban J connectivity index is 1.81. The van der Waals surface area contributed by atoms with Crippen molar-refractivity contribution in [3.05, 3.63) is 34.9 Å². The van der Waals surface area contributed by atoms with Crippen molar-refractivity contribution in [3.8, 4) is 0 Å². The standard InChI is InChI=1S/C20H26N2O4/c1-13-7-14(2)9-15(8-13)18(23)22-11-16(10-17(12-22)20(25)26)19(24)21-5-3-4-6-21/h7-9,16-17H,3-6,10-12H2,1-2H3,(H,25,26)/t16-,17+/m1/s1. The second kappa shape index (κ2) is 7.48. The molecule has 0 aromatic heterocycles. The van der Waals surface area contributed by atoms with Gasteiger partial charge in [0.25, 0.3) is 5.91 Å². The van der Waals surface area contributed by atoms with Crippen molar-refractivity contribution < 1.29 is 19.5 Å². The minimum absolute atomic E-state index is 0.00771. The molecule has 2 atom stereocenters. The van der Waals surface area contributed by atoms with Gasteiger partial charge in [0.15, 0.2) is 0 Å². The van der Waals surface area contributed by atoms with Crippen molar-refractivity contribution in [2.75, 3.05) is 26.2 Å². The Morgan fingerprint density at radius 3 is 2.08 bits per heavy atom. The lowest BCUT2D eigenvalue weighted by Gasteiger charge is -2.37. The zero-order valence-electron chi connectivity index (χ0n) is 15.4. The van der Waals surface area contributed by atoms with Gasteiger partial charge in [0.2, 0.25) is 5.91 Å². The van der Waals surface area contributed by atoms with E-state index in [-0.39, 0.29) is 18.4 Å². The molecule has 2 aliphatic heterocycles. The van der Waals surface area contributed by atoms with Crippen molar-refractivity contribution in [1.82, 2.24) is 9.80 Å². The minimum atomic E-state index is -0.942. The van der Waals surface area contributed by atoms with Gasteiger partial charge in [-0.25, -0.2) is 0 Å². The van der Waals surface area contributed by atoms with E-state index < -0.39 is 17.8 Å². The summed E-state index contributed by atoms with van der Waals surface area (Å²) in [4.78, 5) is 40.7. The second-order valence-corrected chi connectivity index (χ2v) is 7.59. The quantitative estimate of drug-likeness (QED) is 0.897. The van der Waals surface area contributed by atoms with Gasteiger partial charge in [-0.2, -0.15) is 0 Å². The number of carboxylic acids is 1. The predicted octanol–water partition coefficient (Wildman–Crippen LogP) is 2.09. The maximum atomic E-state index is 13.0. The van der Waals surface area contributed by atoms with E-state index >= 15 is 0 Å². The number of carbonyl (C=O) groups excluding carboxylic acids is 2. The van der Waals surface area contributed by atoms with E-state index in [2.05, 4.69) is 0 Å². The molecule has 2 heterocycles. The summed E-state index contributed by atoms with van der Waals surface area (Å²) in [5.41, 5.74) is 2.54. The summed E-state index contributed by atoms with van der Waals surface area (Å²) in [6.45, 7) is 5.78. The molecule has 2 aliphatic rings. The van der Waals surface area contributed by atoms with Gasteiger partial charge in [0.1, 0.15) is 0 Å². The normalized spacial score (nSPS) is 23.2. The first-order valence-electron chi connectivity index (χ1n) is 9.24. The van der Waals surface area contributed by atoms with Gasteiger partial charge in [0.05, 0.1) is 11.8 Å². The molecule has 2 amide bonds. The number of likely N-dealkylation sites (tertiary alicyclic amines) is 2. The molecule has 140 valence electrons. The molecule has 26 heavy (non-hydrogen) atoms. The van der Waals surface area contributed by atoms with Crippen LogP contribution in [0.5, 0.6) is 0 Å². The first-order valence-corrected chi connectivity index (χ1v) is 9.24. The lowest BCUT2D eigenvalue weighted by molar-refractivity contribution is -0.146. The van der Waals surface area contributed by atoms with Gasteiger partial charge in [-0.3, -0.25) is 14.4 Å². The monoisotopic (exact) mass is 358 g/mol. The topological polar surface area (TPSA) is 77.9 Å². The Bertz CT molecular complexity index is 704. The summed E-state index contributed by atoms with van der Waals surface area (Å²) in [6, 6.07) is 5.63. The molecule has 6 nitrogen and oxygen atoms in total. The number of rotatable bonds is 3. The number of amides is 2. The average molecular weight is 358 g/mol. The van der Waals surface area contributed by atoms with Crippen molar-refractivity contribution in [2.24, 2.45) is 11.8 Å². The molecular weight excluding hydrogens is 332 g/mol. The van der Waals surface area contributed by atoms with Gasteiger partial charge < -0.3 is 14.9 Å². The third-order valence-corrected chi connectivity index (χ3v) is 5.32. The Hall–Kier alpha value is -2.37. The third-order valence-electron chi connectivity index (χ3n) is 5.32. The van der Waals surface area contributed by atoms with Crippen molar-refractivity contribution in [2.45, 2.75) is 33.1 Å². The van der Waals surface area contributed by atoms with Gasteiger partial charge in [-0.15, -0.1) is 0 Å². The van der Waals surface area contributed by atoms with E-state index in [4.69, 9.17) is 0 Å². The smallest absolute Gasteiger partial charge is 0.308 e. The molecule has 3 rings (SSSR count). The molecule has 1 aromatic rings. The van der Waals surface area contributed by atoms with E-state index in [0.717, 1.165) is 37.1 Å². The largest absolute Gasteiger partial charge is 0.481 e. The molecule has 1 N–H and O–H groups in total. The number of nitrogens with zero attached hydrogens (tertiary/aromatic N) is 2. The van der Waals surface area contributed by atoms with E-state index in [1.54, 1.807) is 4.90 Å². The van der Waals surface area contributed by atoms with E-state index in [0.29, 0.717) is 18.5 Å². The Morgan fingerprint density at radius 2 is 1.50 bits per heavy atom. The van der Waals surface area contributed by atoms with E-state index in [1.165, 1.54) is 0 Å². The highest BCUT2D eigenvalue weighted by atomic mass is 16.4. The fourth-order valence-corrected chi connectivity index (χ4v) is 4.10. The zero-order valence-corrected chi connectivity index (χ0v) is 15.4. The summed E-state index contributed by atoms with van der Waals surface area (Å²) in [7, 11) is 0. The molecule has 6 heteroatoms. The maximum Gasteiger partial charge on any atom is 0.308 e. The van der Waals surface area contributed by atoms with Crippen LogP contribution >= 0.6 is 0 Å². The molecule has 2 fully saturated rings. The van der Waals surface area contributed by atoms with Crippen LogP contribution in [0.1, 0.15) is 40.7 Å². The number of hydrogen-bond donors (Lipinski definition) is 1. The number of hydrogen-bond acceptors (Lipinski definition) is 3. The molecule has 1 aromatic carbocycles. The van der Waals surface area contributed by atoms with Gasteiger partial charge in [-0.1, -0.05) is 17.2 Å². The van der Waals surface area contributed by atoms with Gasteiger partial charge in [0, 0.05) is 31.7 Å². The fraction of sp³-hybridized carbons (Fsp3) is 0.550. The Kier molecular flexibility index (Phi) is 5.30. The fourth-order valence-electron chi connectivity index (χ4n) is 4.10. The van der Waals surface area contributed by atoms with Crippen LogP contribution in [0.2, 0.25) is 0 Å². The van der Waals surface area contributed by atoms with Crippen molar-refractivity contribution in [1.29, 1.82) is 0 Å². The molecule has 0 aliphatic carbocycles. The zero-order chi connectivity index (χ0) is 18.8. The summed E-state index contributed by atoms with van der Waals surface area (Å²) in [5, 5.41) is 9.50. The Morgan fingerprint density at radius 1 is 0.923 bits per heavy atom. The molecule has 0 saturated carbocycles. The number of carboxylic acid groups (broad SMARTS) is 1. The van der Waals surface area contributed by atoms with Crippen LogP contribution in [0.3, 0.4) is 0 Å². The number of benzene rings is 1. The molecule has 0 bridgehead atoms. The molecule has 0 spiro atoms. The molecule has 0 unspecified atom stereocenters. The average Bonchev–Trinajstić information content (AvgIpc) is 3.13. The van der Waals surface area contributed by atoms with Crippen LogP contribution in [0, 0.1) is 25.7 Å². The highest BCUT2D eigenvalue weighted by Gasteiger charge is 2.39. The number of aliphatic carboxylic acids is 1. The summed E-state index contributed by atoms with van der Waals surface area (Å²) in [6.07, 6.45) is 2.29. The van der Waals surface area contributed by atoms with Crippen LogP contribution in [0.15, 0.2) is 18.2 Å². The van der Waals surface area contributed by atoms with Crippen LogP contribution in [-0.4, -0.2) is 58.9 Å². The molecule has 2 saturated heterocycles. The molecule has 0 radical (unpaired) electrons. The predicted molar refractivity (Wildman–Crippen MR) is 96.9 cm³/mol. The lowest BCUT2D eigenvalue weighted by atomic mass is 9.87. The highest BCUT2D eigenvalue weighted by Crippen LogP contribution is 2.27. The van der Waals surface area contributed by atoms with E-state index in [1.807, 2.05) is 36.9 Å². The summed E-state index contributed by atoms with van der Waals surface area (Å²) in [5.74, 6) is -2.27. The van der Waals surface area contributed by atoms with Gasteiger partial charge >= 0.3 is 5.97 Å². The first kappa shape index (κ1) is 18.4. The number of aryl methyl sites for hydroxylation is 2. The lowest BCUT2D eigenvalue weighted by Crippen LogP contribution is -2.50. The van der Waals surface area contributed by atoms with Crippen molar-refractivity contribution >= 4 is 17.8 Å². The van der Waals surface area contributed by atoms with Crippen molar-refractivity contribution in [3.63, 3.8) is 0 Å². The maximum absolute atomic E-state index is 13.0. The molecular formula is C20H26N2O4. The van der Waals surface area contributed by atoms with Crippen LogP contribution in [0.25, 0.3) is 0 Å². The van der Waals surface area contributed by atoms with Crippen LogP contribution < -0.4 is 0 Å². The van der Waals surface area contributed by atoms with Crippen LogP contribution in [-0.2, 0) is 9.59 Å². The SMILES string of the molecule is Cc1cc(C)cc(C(=O)N2C[C@@H](C(=O)O)C[C@@H](C(=O)N3CCCC3)C2)c1. The summed E-state index contributed by atoms with van der Waals surface area (Å²) < 4.78 is 0. The van der Waals surface area contributed by atoms with E-state index in [9.17, 15) is 19.5 Å². The highest BCUT2D eigenvalue weighted by molar-refractivity contribution is 5.95. The third kappa shape index (κ3) is 3.89. The number of piperidine rings is 1. The van der Waals surface area contributed by atoms with Gasteiger partial charge in [-0.05, 0) is 45.2 Å². The number of carbonyl (C=O) groups is 3. The van der Waals surface area contributed by atoms with Crippen LogP contribution in [0.4, 0.5) is 0 Å². The minimum Gasteiger partial charge on any atom is -0.481 e. The Labute approximate surface area is 153 Å². The summed E-state index contributed by atoms with van der Waals surface area (Å²) >= 11 is 0. The second-order valence-electron chi connectivity index (χ2n) is 7.59. The first-order chi connectivity index (χ1) is 12.3.